The molecule has 3 aliphatic heterocycles. The van der Waals surface area contributed by atoms with Crippen LogP contribution in [0.5, 0.6) is 0 Å². The monoisotopic (exact) mass is 585 g/mol. The average Bonchev–Trinajstić information content (AvgIpc) is 2.96. The van der Waals surface area contributed by atoms with Crippen LogP contribution in [0.3, 0.4) is 0 Å². The molecule has 0 bridgehead atoms. The number of allylic oxidation sites excluding steroid dienone is 1. The topological polar surface area (TPSA) is 88.6 Å². The lowest BCUT2D eigenvalue weighted by Gasteiger charge is -2.38. The lowest BCUT2D eigenvalue weighted by Crippen LogP contribution is -2.50. The molecule has 9 nitrogen and oxygen atoms in total. The second-order valence-corrected chi connectivity index (χ2v) is 12.4. The maximum atomic E-state index is 13.6. The first-order chi connectivity index (χ1) is 20.0. The van der Waals surface area contributed by atoms with Gasteiger partial charge in [-0.3, -0.25) is 14.4 Å². The van der Waals surface area contributed by atoms with Gasteiger partial charge in [-0.15, -0.1) is 0 Å². The Balaban J connectivity index is 1.57. The number of ether oxygens (including phenoxy) is 3. The molecule has 234 valence electrons. The molecule has 0 N–H and O–H groups in total. The molecule has 0 radical (unpaired) electrons. The Morgan fingerprint density at radius 2 is 1.38 bits per heavy atom. The number of amides is 3. The molecule has 0 aromatic rings. The van der Waals surface area contributed by atoms with Crippen LogP contribution in [0.25, 0.3) is 0 Å². The normalized spacial score (nSPS) is 23.9. The predicted octanol–water partition coefficient (Wildman–Crippen LogP) is 3.97. The fraction of sp³-hybridized carbons (Fsp3) is 0.667. The van der Waals surface area contributed by atoms with Gasteiger partial charge < -0.3 is 28.9 Å². The molecule has 0 aliphatic carbocycles. The fourth-order valence-corrected chi connectivity index (χ4v) is 6.16. The maximum Gasteiger partial charge on any atom is 0.250 e. The smallest absolute Gasteiger partial charge is 0.250 e. The second-order valence-electron chi connectivity index (χ2n) is 12.4. The summed E-state index contributed by atoms with van der Waals surface area (Å²) in [6.07, 6.45) is 5.95. The molecule has 3 aliphatic rings. The van der Waals surface area contributed by atoms with Crippen molar-refractivity contribution >= 4 is 17.7 Å². The highest BCUT2D eigenvalue weighted by Crippen LogP contribution is 2.26. The van der Waals surface area contributed by atoms with E-state index in [0.29, 0.717) is 95.6 Å². The van der Waals surface area contributed by atoms with Gasteiger partial charge in [0.15, 0.2) is 0 Å². The fourth-order valence-electron chi connectivity index (χ4n) is 6.16. The summed E-state index contributed by atoms with van der Waals surface area (Å²) in [6, 6.07) is -0.0162. The highest BCUT2D eigenvalue weighted by atomic mass is 16.5. The summed E-state index contributed by atoms with van der Waals surface area (Å²) in [7, 11) is 0. The van der Waals surface area contributed by atoms with Crippen LogP contribution in [0.2, 0.25) is 0 Å². The molecule has 0 aromatic carbocycles. The zero-order valence-corrected chi connectivity index (χ0v) is 26.1. The minimum absolute atomic E-state index is 0.00859. The molecule has 3 heterocycles. The first kappa shape index (κ1) is 33.7. The van der Waals surface area contributed by atoms with Crippen molar-refractivity contribution in [2.75, 3.05) is 59.3 Å². The molecule has 0 unspecified atom stereocenters. The second kappa shape index (κ2) is 16.2. The number of morpholine rings is 3. The zero-order chi connectivity index (χ0) is 30.8. The maximum absolute atomic E-state index is 13.6. The third-order valence-corrected chi connectivity index (χ3v) is 8.14. The highest BCUT2D eigenvalue weighted by molar-refractivity contribution is 5.94. The van der Waals surface area contributed by atoms with Crippen LogP contribution in [0.4, 0.5) is 0 Å². The molecule has 4 atom stereocenters. The summed E-state index contributed by atoms with van der Waals surface area (Å²) < 4.78 is 17.0. The molecular weight excluding hydrogens is 534 g/mol. The van der Waals surface area contributed by atoms with Crippen molar-refractivity contribution in [3.63, 3.8) is 0 Å². The molecule has 9 heteroatoms. The van der Waals surface area contributed by atoms with Crippen LogP contribution >= 0.6 is 0 Å². The van der Waals surface area contributed by atoms with Crippen molar-refractivity contribution in [2.45, 2.75) is 65.5 Å². The first-order valence-electron chi connectivity index (χ1n) is 15.4. The van der Waals surface area contributed by atoms with Gasteiger partial charge in [0.25, 0.3) is 0 Å². The van der Waals surface area contributed by atoms with Crippen LogP contribution in [-0.2, 0) is 28.6 Å². The molecule has 3 saturated heterocycles. The minimum Gasteiger partial charge on any atom is -0.377 e. The Hall–Kier alpha value is -2.75. The van der Waals surface area contributed by atoms with Crippen LogP contribution in [0.15, 0.2) is 48.7 Å². The van der Waals surface area contributed by atoms with E-state index in [9.17, 15) is 14.4 Å². The number of carbonyl (C=O) groups is 3. The first-order valence-corrected chi connectivity index (χ1v) is 15.4. The van der Waals surface area contributed by atoms with Crippen molar-refractivity contribution in [3.8, 4) is 0 Å². The van der Waals surface area contributed by atoms with Crippen molar-refractivity contribution in [1.82, 2.24) is 14.7 Å². The van der Waals surface area contributed by atoms with E-state index >= 15 is 0 Å². The van der Waals surface area contributed by atoms with Gasteiger partial charge in [0.2, 0.25) is 17.7 Å². The third kappa shape index (κ3) is 9.38. The van der Waals surface area contributed by atoms with Crippen LogP contribution in [0.1, 0.15) is 53.4 Å². The Bertz CT molecular complexity index is 1040. The molecule has 0 saturated carbocycles. The van der Waals surface area contributed by atoms with Crippen LogP contribution < -0.4 is 0 Å². The van der Waals surface area contributed by atoms with E-state index in [1.807, 2.05) is 22.8 Å². The average molecular weight is 586 g/mol. The molecule has 0 aromatic heterocycles. The van der Waals surface area contributed by atoms with E-state index in [1.54, 1.807) is 4.90 Å². The highest BCUT2D eigenvalue weighted by Gasteiger charge is 2.33. The standard InChI is InChI=1S/C33H51N3O6/c1-8-31(37)34-9-12-40-21-29(34)18-24(4)16-27(7)33(39)36-11-14-42-22-30(36)19-25(5)17-26(6)32(38)35-10-13-41-20-28(35)15-23(2)3/h8,18,23-25,28,30H,1,6-7,9-17,19-22H2,2-5H3/b29-18-/t24-,25-,28-,30-/m0/s1. The number of hydrogen-bond acceptors (Lipinski definition) is 6. The Morgan fingerprint density at radius 3 is 1.95 bits per heavy atom. The largest absolute Gasteiger partial charge is 0.377 e. The minimum atomic E-state index is -0.151. The van der Waals surface area contributed by atoms with E-state index in [2.05, 4.69) is 40.5 Å². The molecule has 3 amide bonds. The van der Waals surface area contributed by atoms with Gasteiger partial charge in [0.1, 0.15) is 0 Å². The summed E-state index contributed by atoms with van der Waals surface area (Å²) >= 11 is 0. The van der Waals surface area contributed by atoms with Gasteiger partial charge in [0, 0.05) is 36.5 Å². The molecule has 42 heavy (non-hydrogen) atoms. The van der Waals surface area contributed by atoms with Crippen molar-refractivity contribution in [2.24, 2.45) is 17.8 Å². The molecule has 3 rings (SSSR count). The SMILES string of the molecule is C=CC(=O)N1CCOC/C1=C/[C@@H](C)CC(=C)C(=O)N1CCOC[C@@H]1C[C@@H](C)CC(=C)C(=O)N1CCOC[C@@H]1CC(C)C. The van der Waals surface area contributed by atoms with E-state index in [-0.39, 0.29) is 41.6 Å². The number of hydrogen-bond donors (Lipinski definition) is 0. The van der Waals surface area contributed by atoms with Gasteiger partial charge in [-0.25, -0.2) is 0 Å². The Labute approximate surface area is 252 Å². The van der Waals surface area contributed by atoms with Crippen LogP contribution in [0, 0.1) is 17.8 Å². The van der Waals surface area contributed by atoms with Crippen molar-refractivity contribution in [3.05, 3.63) is 48.7 Å². The number of nitrogens with zero attached hydrogens (tertiary/aromatic N) is 3. The van der Waals surface area contributed by atoms with E-state index in [4.69, 9.17) is 14.2 Å². The lowest BCUT2D eigenvalue weighted by molar-refractivity contribution is -0.137. The van der Waals surface area contributed by atoms with Crippen molar-refractivity contribution < 1.29 is 28.6 Å². The molecular formula is C33H51N3O6. The Kier molecular flexibility index (Phi) is 13.0. The number of carbonyl (C=O) groups excluding carboxylic acids is 3. The molecule has 0 spiro atoms. The van der Waals surface area contributed by atoms with E-state index in [1.165, 1.54) is 6.08 Å². The summed E-state index contributed by atoms with van der Waals surface area (Å²) in [5.74, 6) is 0.397. The van der Waals surface area contributed by atoms with Gasteiger partial charge in [-0.1, -0.05) is 53.5 Å². The predicted molar refractivity (Wildman–Crippen MR) is 163 cm³/mol. The van der Waals surface area contributed by atoms with Gasteiger partial charge in [0.05, 0.1) is 51.7 Å². The van der Waals surface area contributed by atoms with Crippen LogP contribution in [-0.4, -0.2) is 104 Å². The van der Waals surface area contributed by atoms with E-state index in [0.717, 1.165) is 12.1 Å². The molecule has 3 fully saturated rings. The summed E-state index contributed by atoms with van der Waals surface area (Å²) in [4.78, 5) is 44.6. The van der Waals surface area contributed by atoms with Gasteiger partial charge in [-0.2, -0.15) is 0 Å². The summed E-state index contributed by atoms with van der Waals surface area (Å²) in [5, 5.41) is 0. The van der Waals surface area contributed by atoms with Gasteiger partial charge >= 0.3 is 0 Å². The van der Waals surface area contributed by atoms with Crippen molar-refractivity contribution in [1.29, 1.82) is 0 Å². The Morgan fingerprint density at radius 1 is 0.833 bits per heavy atom. The van der Waals surface area contributed by atoms with Gasteiger partial charge in [-0.05, 0) is 49.5 Å². The quantitative estimate of drug-likeness (QED) is 0.322. The van der Waals surface area contributed by atoms with E-state index < -0.39 is 0 Å². The zero-order valence-electron chi connectivity index (χ0n) is 26.1. The lowest BCUT2D eigenvalue weighted by atomic mass is 9.92. The summed E-state index contributed by atoms with van der Waals surface area (Å²) in [5.41, 5.74) is 1.93. The number of rotatable bonds is 12. The summed E-state index contributed by atoms with van der Waals surface area (Å²) in [6.45, 7) is 24.8. The third-order valence-electron chi connectivity index (χ3n) is 8.14.